The molecule has 3 rings (SSSR count). The lowest BCUT2D eigenvalue weighted by Crippen LogP contribution is -2.13. The van der Waals surface area contributed by atoms with Gasteiger partial charge in [0, 0.05) is 11.6 Å². The minimum absolute atomic E-state index is 0.129. The third-order valence-corrected chi connectivity index (χ3v) is 3.35. The molecule has 3 aromatic heterocycles. The van der Waals surface area contributed by atoms with Crippen LogP contribution in [0.15, 0.2) is 30.0 Å². The van der Waals surface area contributed by atoms with Crippen molar-refractivity contribution in [3.05, 3.63) is 35.7 Å². The third-order valence-electron chi connectivity index (χ3n) is 2.54. The van der Waals surface area contributed by atoms with Crippen LogP contribution < -0.4 is 11.1 Å². The second-order valence-electron chi connectivity index (χ2n) is 4.01. The van der Waals surface area contributed by atoms with E-state index in [1.165, 1.54) is 17.7 Å². The second kappa shape index (κ2) is 5.17. The van der Waals surface area contributed by atoms with Crippen molar-refractivity contribution in [3.8, 4) is 0 Å². The molecule has 0 aromatic carbocycles. The maximum Gasteiger partial charge on any atom is 0.223 e. The topological polar surface area (TPSA) is 107 Å². The largest absolute Gasteiger partial charge is 0.369 e. The standard InChI is InChI=1S/C12H10N6OS/c13-9(19)4-7-5-20-12(17-7)18-11-8-2-1-3-14-10(8)15-6-16-11/h1-3,5-6H,4H2,(H2,13,19)(H,14,15,16,17,18). The predicted molar refractivity (Wildman–Crippen MR) is 75.6 cm³/mol. The van der Waals surface area contributed by atoms with Gasteiger partial charge in [-0.15, -0.1) is 11.3 Å². The molecule has 0 saturated carbocycles. The molecule has 0 aliphatic carbocycles. The van der Waals surface area contributed by atoms with Gasteiger partial charge in [0.05, 0.1) is 17.5 Å². The molecule has 0 bridgehead atoms. The summed E-state index contributed by atoms with van der Waals surface area (Å²) in [6.07, 6.45) is 3.24. The molecular formula is C12H10N6OS. The Morgan fingerprint density at radius 1 is 1.35 bits per heavy atom. The Kier molecular flexibility index (Phi) is 3.21. The minimum atomic E-state index is -0.404. The van der Waals surface area contributed by atoms with Gasteiger partial charge in [0.1, 0.15) is 12.1 Å². The molecule has 0 atom stereocenters. The van der Waals surface area contributed by atoms with E-state index in [0.29, 0.717) is 22.3 Å². The molecule has 0 unspecified atom stereocenters. The van der Waals surface area contributed by atoms with Crippen molar-refractivity contribution in [3.63, 3.8) is 0 Å². The van der Waals surface area contributed by atoms with Crippen molar-refractivity contribution >= 4 is 39.2 Å². The number of carbonyl (C=O) groups is 1. The second-order valence-corrected chi connectivity index (χ2v) is 4.87. The first-order valence-electron chi connectivity index (χ1n) is 5.78. The van der Waals surface area contributed by atoms with Gasteiger partial charge in [-0.3, -0.25) is 4.79 Å². The summed E-state index contributed by atoms with van der Waals surface area (Å²) in [5, 5.41) is 6.34. The minimum Gasteiger partial charge on any atom is -0.369 e. The van der Waals surface area contributed by atoms with Gasteiger partial charge in [-0.1, -0.05) is 0 Å². The zero-order chi connectivity index (χ0) is 13.9. The number of thiazole rings is 1. The molecule has 20 heavy (non-hydrogen) atoms. The maximum atomic E-state index is 10.8. The van der Waals surface area contributed by atoms with E-state index in [0.717, 1.165) is 5.39 Å². The summed E-state index contributed by atoms with van der Waals surface area (Å²) in [6, 6.07) is 3.69. The summed E-state index contributed by atoms with van der Waals surface area (Å²) < 4.78 is 0. The fourth-order valence-corrected chi connectivity index (χ4v) is 2.43. The molecule has 0 spiro atoms. The van der Waals surface area contributed by atoms with E-state index in [1.807, 2.05) is 12.1 Å². The molecule has 3 N–H and O–H groups in total. The van der Waals surface area contributed by atoms with Crippen molar-refractivity contribution in [2.75, 3.05) is 5.32 Å². The van der Waals surface area contributed by atoms with Gasteiger partial charge in [-0.25, -0.2) is 19.9 Å². The number of nitrogens with one attached hydrogen (secondary N) is 1. The number of nitrogens with two attached hydrogens (primary N) is 1. The number of hydrogen-bond acceptors (Lipinski definition) is 7. The Morgan fingerprint density at radius 3 is 3.10 bits per heavy atom. The molecule has 8 heteroatoms. The van der Waals surface area contributed by atoms with E-state index in [2.05, 4.69) is 25.3 Å². The van der Waals surface area contributed by atoms with Crippen LogP contribution in [0.4, 0.5) is 10.9 Å². The van der Waals surface area contributed by atoms with Crippen LogP contribution in [-0.4, -0.2) is 25.8 Å². The molecule has 0 radical (unpaired) electrons. The van der Waals surface area contributed by atoms with Gasteiger partial charge < -0.3 is 11.1 Å². The van der Waals surface area contributed by atoms with Crippen LogP contribution in [0.2, 0.25) is 0 Å². The van der Waals surface area contributed by atoms with Crippen molar-refractivity contribution in [1.82, 2.24) is 19.9 Å². The number of fused-ring (bicyclic) bond motifs is 1. The molecule has 100 valence electrons. The predicted octanol–water partition coefficient (Wildman–Crippen LogP) is 1.25. The van der Waals surface area contributed by atoms with Gasteiger partial charge in [-0.05, 0) is 12.1 Å². The van der Waals surface area contributed by atoms with Crippen molar-refractivity contribution in [2.24, 2.45) is 5.73 Å². The molecule has 7 nitrogen and oxygen atoms in total. The maximum absolute atomic E-state index is 10.8. The van der Waals surface area contributed by atoms with Crippen molar-refractivity contribution in [2.45, 2.75) is 6.42 Å². The number of pyridine rings is 1. The van der Waals surface area contributed by atoms with Crippen molar-refractivity contribution < 1.29 is 4.79 Å². The Bertz CT molecular complexity index is 766. The molecule has 0 saturated heterocycles. The zero-order valence-corrected chi connectivity index (χ0v) is 11.1. The number of amides is 1. The van der Waals surface area contributed by atoms with Crippen LogP contribution >= 0.6 is 11.3 Å². The Balaban J connectivity index is 1.89. The van der Waals surface area contributed by atoms with E-state index in [4.69, 9.17) is 5.73 Å². The van der Waals surface area contributed by atoms with Gasteiger partial charge in [-0.2, -0.15) is 0 Å². The fraction of sp³-hybridized carbons (Fsp3) is 0.0833. The van der Waals surface area contributed by atoms with E-state index >= 15 is 0 Å². The lowest BCUT2D eigenvalue weighted by Gasteiger charge is -2.04. The SMILES string of the molecule is NC(=O)Cc1csc(Nc2ncnc3ncccc23)n1. The molecule has 0 fully saturated rings. The molecule has 3 heterocycles. The lowest BCUT2D eigenvalue weighted by atomic mass is 10.3. The Hall–Kier alpha value is -2.61. The third kappa shape index (κ3) is 2.54. The molecular weight excluding hydrogens is 276 g/mol. The highest BCUT2D eigenvalue weighted by Crippen LogP contribution is 2.24. The van der Waals surface area contributed by atoms with Gasteiger partial charge >= 0.3 is 0 Å². The number of rotatable bonds is 4. The van der Waals surface area contributed by atoms with Gasteiger partial charge in [0.2, 0.25) is 5.91 Å². The van der Waals surface area contributed by atoms with Crippen LogP contribution in [-0.2, 0) is 11.2 Å². The molecule has 0 aliphatic heterocycles. The highest BCUT2D eigenvalue weighted by molar-refractivity contribution is 7.13. The first-order chi connectivity index (χ1) is 9.72. The Labute approximate surface area is 117 Å². The monoisotopic (exact) mass is 286 g/mol. The summed E-state index contributed by atoms with van der Waals surface area (Å²) in [4.78, 5) is 27.6. The quantitative estimate of drug-likeness (QED) is 0.747. The van der Waals surface area contributed by atoms with E-state index in [1.54, 1.807) is 11.6 Å². The number of anilines is 2. The van der Waals surface area contributed by atoms with E-state index in [-0.39, 0.29) is 6.42 Å². The fourth-order valence-electron chi connectivity index (χ4n) is 1.72. The highest BCUT2D eigenvalue weighted by Gasteiger charge is 2.08. The molecule has 3 aromatic rings. The number of nitrogens with zero attached hydrogens (tertiary/aromatic N) is 4. The van der Waals surface area contributed by atoms with E-state index < -0.39 is 5.91 Å². The van der Waals surface area contributed by atoms with Crippen LogP contribution in [0.1, 0.15) is 5.69 Å². The summed E-state index contributed by atoms with van der Waals surface area (Å²) in [5.41, 5.74) is 6.39. The number of aromatic nitrogens is 4. The summed E-state index contributed by atoms with van der Waals surface area (Å²) in [5.74, 6) is 0.224. The van der Waals surface area contributed by atoms with Crippen LogP contribution in [0.25, 0.3) is 11.0 Å². The number of hydrogen-bond donors (Lipinski definition) is 2. The smallest absolute Gasteiger partial charge is 0.223 e. The normalized spacial score (nSPS) is 10.6. The summed E-state index contributed by atoms with van der Waals surface area (Å²) >= 11 is 1.38. The van der Waals surface area contributed by atoms with Crippen LogP contribution in [0.3, 0.4) is 0 Å². The van der Waals surface area contributed by atoms with Crippen molar-refractivity contribution in [1.29, 1.82) is 0 Å². The van der Waals surface area contributed by atoms with Crippen LogP contribution in [0, 0.1) is 0 Å². The van der Waals surface area contributed by atoms with Crippen LogP contribution in [0.5, 0.6) is 0 Å². The number of carbonyl (C=O) groups excluding carboxylic acids is 1. The summed E-state index contributed by atoms with van der Waals surface area (Å²) in [6.45, 7) is 0. The first kappa shape index (κ1) is 12.4. The first-order valence-corrected chi connectivity index (χ1v) is 6.66. The van der Waals surface area contributed by atoms with Gasteiger partial charge in [0.15, 0.2) is 10.8 Å². The Morgan fingerprint density at radius 2 is 2.25 bits per heavy atom. The molecule has 1 amide bonds. The highest BCUT2D eigenvalue weighted by atomic mass is 32.1. The average Bonchev–Trinajstić information content (AvgIpc) is 2.86. The van der Waals surface area contributed by atoms with Gasteiger partial charge in [0.25, 0.3) is 0 Å². The van der Waals surface area contributed by atoms with E-state index in [9.17, 15) is 4.79 Å². The molecule has 0 aliphatic rings. The zero-order valence-electron chi connectivity index (χ0n) is 10.3. The number of primary amides is 1. The lowest BCUT2D eigenvalue weighted by molar-refractivity contribution is -0.117. The summed E-state index contributed by atoms with van der Waals surface area (Å²) in [7, 11) is 0. The average molecular weight is 286 g/mol.